The van der Waals surface area contributed by atoms with E-state index in [9.17, 15) is 9.18 Å². The van der Waals surface area contributed by atoms with Gasteiger partial charge in [0.2, 0.25) is 0 Å². The van der Waals surface area contributed by atoms with Crippen molar-refractivity contribution in [3.05, 3.63) is 28.5 Å². The maximum absolute atomic E-state index is 13.1. The fourth-order valence-electron chi connectivity index (χ4n) is 1.15. The molecular formula is C10H10BrFN2O. The summed E-state index contributed by atoms with van der Waals surface area (Å²) in [6.07, 6.45) is 2.06. The first-order valence-corrected chi connectivity index (χ1v) is 5.47. The smallest absolute Gasteiger partial charge is 0.319 e. The number of rotatable bonds is 2. The lowest BCUT2D eigenvalue weighted by molar-refractivity contribution is 0.251. The highest BCUT2D eigenvalue weighted by molar-refractivity contribution is 9.10. The average molecular weight is 273 g/mol. The Morgan fingerprint density at radius 1 is 1.47 bits per heavy atom. The van der Waals surface area contributed by atoms with Crippen molar-refractivity contribution in [1.82, 2.24) is 5.32 Å². The van der Waals surface area contributed by atoms with Crippen LogP contribution in [0.25, 0.3) is 0 Å². The second-order valence-electron chi connectivity index (χ2n) is 3.50. The van der Waals surface area contributed by atoms with Gasteiger partial charge in [-0.15, -0.1) is 0 Å². The number of urea groups is 1. The summed E-state index contributed by atoms with van der Waals surface area (Å²) in [5.41, 5.74) is 0.453. The van der Waals surface area contributed by atoms with Gasteiger partial charge >= 0.3 is 6.03 Å². The van der Waals surface area contributed by atoms with Crippen molar-refractivity contribution in [3.8, 4) is 0 Å². The minimum Gasteiger partial charge on any atom is -0.335 e. The molecule has 1 fully saturated rings. The summed E-state index contributed by atoms with van der Waals surface area (Å²) >= 11 is 3.04. The number of benzene rings is 1. The Hall–Kier alpha value is -1.10. The molecule has 15 heavy (non-hydrogen) atoms. The van der Waals surface area contributed by atoms with Gasteiger partial charge in [-0.3, -0.25) is 0 Å². The molecule has 0 aromatic heterocycles. The van der Waals surface area contributed by atoms with Crippen molar-refractivity contribution in [2.45, 2.75) is 18.9 Å². The van der Waals surface area contributed by atoms with Gasteiger partial charge < -0.3 is 10.6 Å². The number of nitrogens with one attached hydrogen (secondary N) is 2. The van der Waals surface area contributed by atoms with Gasteiger partial charge in [-0.25, -0.2) is 9.18 Å². The van der Waals surface area contributed by atoms with Crippen LogP contribution in [0, 0.1) is 5.82 Å². The predicted molar refractivity (Wildman–Crippen MR) is 59.3 cm³/mol. The highest BCUT2D eigenvalue weighted by atomic mass is 79.9. The number of carbonyl (C=O) groups is 1. The van der Waals surface area contributed by atoms with E-state index in [1.165, 1.54) is 6.07 Å². The Balaban J connectivity index is 1.97. The standard InChI is InChI=1S/C10H10BrFN2O/c11-8-4-3-7(5-9(8)12)14-10(15)13-6-1-2-6/h3-6H,1-2H2,(H2,13,14,15). The highest BCUT2D eigenvalue weighted by Crippen LogP contribution is 2.21. The molecule has 0 spiro atoms. The predicted octanol–water partition coefficient (Wildman–Crippen LogP) is 2.87. The zero-order valence-corrected chi connectivity index (χ0v) is 9.47. The third-order valence-corrected chi connectivity index (χ3v) is 2.73. The van der Waals surface area contributed by atoms with Crippen LogP contribution in [0.4, 0.5) is 14.9 Å². The Morgan fingerprint density at radius 3 is 2.80 bits per heavy atom. The van der Waals surface area contributed by atoms with E-state index in [1.807, 2.05) is 0 Å². The van der Waals surface area contributed by atoms with Crippen molar-refractivity contribution in [1.29, 1.82) is 0 Å². The molecule has 0 atom stereocenters. The van der Waals surface area contributed by atoms with E-state index in [-0.39, 0.29) is 11.8 Å². The normalized spacial score (nSPS) is 14.8. The van der Waals surface area contributed by atoms with Crippen molar-refractivity contribution in [2.75, 3.05) is 5.32 Å². The number of carbonyl (C=O) groups excluding carboxylic acids is 1. The van der Waals surface area contributed by atoms with Crippen molar-refractivity contribution >= 4 is 27.6 Å². The molecule has 1 aliphatic carbocycles. The van der Waals surface area contributed by atoms with Gasteiger partial charge in [0, 0.05) is 11.7 Å². The third kappa shape index (κ3) is 2.92. The maximum Gasteiger partial charge on any atom is 0.319 e. The van der Waals surface area contributed by atoms with Crippen molar-refractivity contribution < 1.29 is 9.18 Å². The number of halogens is 2. The first-order valence-electron chi connectivity index (χ1n) is 4.68. The Morgan fingerprint density at radius 2 is 2.20 bits per heavy atom. The topological polar surface area (TPSA) is 41.1 Å². The molecule has 0 heterocycles. The molecule has 1 aliphatic rings. The zero-order valence-electron chi connectivity index (χ0n) is 7.89. The van der Waals surface area contributed by atoms with Gasteiger partial charge in [-0.1, -0.05) is 0 Å². The molecule has 0 saturated heterocycles. The molecule has 5 heteroatoms. The Labute approximate surface area is 95.2 Å². The van der Waals surface area contributed by atoms with Crippen LogP contribution in [0.15, 0.2) is 22.7 Å². The first-order chi connectivity index (χ1) is 7.15. The van der Waals surface area contributed by atoms with E-state index in [2.05, 4.69) is 26.6 Å². The summed E-state index contributed by atoms with van der Waals surface area (Å²) < 4.78 is 13.5. The quantitative estimate of drug-likeness (QED) is 0.854. The fourth-order valence-corrected chi connectivity index (χ4v) is 1.40. The molecular weight excluding hydrogens is 263 g/mol. The van der Waals surface area contributed by atoms with Gasteiger partial charge in [0.25, 0.3) is 0 Å². The van der Waals surface area contributed by atoms with Crippen LogP contribution in [0.2, 0.25) is 0 Å². The molecule has 1 saturated carbocycles. The summed E-state index contributed by atoms with van der Waals surface area (Å²) in [7, 11) is 0. The fraction of sp³-hybridized carbons (Fsp3) is 0.300. The number of amides is 2. The number of hydrogen-bond acceptors (Lipinski definition) is 1. The Bertz CT molecular complexity index is 393. The highest BCUT2D eigenvalue weighted by Gasteiger charge is 2.23. The molecule has 2 N–H and O–H groups in total. The summed E-state index contributed by atoms with van der Waals surface area (Å²) in [4.78, 5) is 11.3. The van der Waals surface area contributed by atoms with E-state index in [0.29, 0.717) is 16.2 Å². The molecule has 0 bridgehead atoms. The van der Waals surface area contributed by atoms with Crippen LogP contribution < -0.4 is 10.6 Å². The molecule has 0 unspecified atom stereocenters. The molecule has 3 nitrogen and oxygen atoms in total. The van der Waals surface area contributed by atoms with Gasteiger partial charge in [0.05, 0.1) is 4.47 Å². The molecule has 0 aliphatic heterocycles. The molecule has 1 aromatic rings. The number of hydrogen-bond donors (Lipinski definition) is 2. The average Bonchev–Trinajstić information content (AvgIpc) is 2.95. The zero-order chi connectivity index (χ0) is 10.8. The van der Waals surface area contributed by atoms with Gasteiger partial charge in [0.15, 0.2) is 0 Å². The van der Waals surface area contributed by atoms with Crippen molar-refractivity contribution in [3.63, 3.8) is 0 Å². The lowest BCUT2D eigenvalue weighted by Gasteiger charge is -2.06. The van der Waals surface area contributed by atoms with E-state index in [1.54, 1.807) is 12.1 Å². The summed E-state index contributed by atoms with van der Waals surface area (Å²) in [6.45, 7) is 0. The molecule has 1 aromatic carbocycles. The summed E-state index contributed by atoms with van der Waals surface area (Å²) in [6, 6.07) is 4.49. The largest absolute Gasteiger partial charge is 0.335 e. The van der Waals surface area contributed by atoms with Gasteiger partial charge in [-0.05, 0) is 47.0 Å². The SMILES string of the molecule is O=C(Nc1ccc(Br)c(F)c1)NC1CC1. The van der Waals surface area contributed by atoms with E-state index >= 15 is 0 Å². The molecule has 80 valence electrons. The van der Waals surface area contributed by atoms with Crippen LogP contribution in [-0.2, 0) is 0 Å². The van der Waals surface area contributed by atoms with Gasteiger partial charge in [0.1, 0.15) is 5.82 Å². The molecule has 0 radical (unpaired) electrons. The summed E-state index contributed by atoms with van der Waals surface area (Å²) in [5, 5.41) is 5.32. The van der Waals surface area contributed by atoms with E-state index in [0.717, 1.165) is 12.8 Å². The lowest BCUT2D eigenvalue weighted by atomic mass is 10.3. The number of anilines is 1. The lowest BCUT2D eigenvalue weighted by Crippen LogP contribution is -2.30. The molecule has 2 amide bonds. The van der Waals surface area contributed by atoms with Gasteiger partial charge in [-0.2, -0.15) is 0 Å². The van der Waals surface area contributed by atoms with E-state index in [4.69, 9.17) is 0 Å². The minimum atomic E-state index is -0.390. The van der Waals surface area contributed by atoms with Crippen LogP contribution in [-0.4, -0.2) is 12.1 Å². The first kappa shape index (κ1) is 10.4. The van der Waals surface area contributed by atoms with Crippen molar-refractivity contribution in [2.24, 2.45) is 0 Å². The monoisotopic (exact) mass is 272 g/mol. The second-order valence-corrected chi connectivity index (χ2v) is 4.36. The Kier molecular flexibility index (Phi) is 2.90. The third-order valence-electron chi connectivity index (χ3n) is 2.09. The van der Waals surface area contributed by atoms with E-state index < -0.39 is 0 Å². The van der Waals surface area contributed by atoms with Crippen LogP contribution in [0.5, 0.6) is 0 Å². The maximum atomic E-state index is 13.1. The van der Waals surface area contributed by atoms with Crippen LogP contribution in [0.1, 0.15) is 12.8 Å². The van der Waals surface area contributed by atoms with Crippen LogP contribution >= 0.6 is 15.9 Å². The van der Waals surface area contributed by atoms with Crippen LogP contribution in [0.3, 0.4) is 0 Å². The minimum absolute atomic E-state index is 0.278. The molecule has 2 rings (SSSR count). The summed E-state index contributed by atoms with van der Waals surface area (Å²) in [5.74, 6) is -0.390. The second kappa shape index (κ2) is 4.18.